The molecule has 0 saturated carbocycles. The van der Waals surface area contributed by atoms with Crippen LogP contribution in [0.3, 0.4) is 0 Å². The Kier molecular flexibility index (Phi) is 8.23. The lowest BCUT2D eigenvalue weighted by molar-refractivity contribution is -0.136. The maximum Gasteiger partial charge on any atom is 0.253 e. The second kappa shape index (κ2) is 9.68. The number of rotatable bonds is 9. The number of hydrogen-bond donors (Lipinski definition) is 2. The van der Waals surface area contributed by atoms with Crippen LogP contribution < -0.4 is 11.1 Å². The van der Waals surface area contributed by atoms with Crippen LogP contribution in [0.5, 0.6) is 0 Å². The molecule has 0 aromatic heterocycles. The molecule has 1 aromatic carbocycles. The zero-order chi connectivity index (χ0) is 19.9. The van der Waals surface area contributed by atoms with Crippen molar-refractivity contribution in [3.05, 3.63) is 35.9 Å². The van der Waals surface area contributed by atoms with Gasteiger partial charge in [-0.2, -0.15) is 0 Å². The molecule has 0 radical (unpaired) electrons. The van der Waals surface area contributed by atoms with E-state index >= 15 is 0 Å². The third-order valence-corrected chi connectivity index (χ3v) is 5.79. The van der Waals surface area contributed by atoms with E-state index in [4.69, 9.17) is 5.73 Å². The van der Waals surface area contributed by atoms with Crippen LogP contribution in [0.1, 0.15) is 32.8 Å². The Morgan fingerprint density at radius 2 is 1.77 bits per heavy atom. The van der Waals surface area contributed by atoms with Gasteiger partial charge < -0.3 is 11.1 Å². The van der Waals surface area contributed by atoms with E-state index in [1.165, 1.54) is 14.0 Å². The summed E-state index contributed by atoms with van der Waals surface area (Å²) in [5.74, 6) is -1.47. The fourth-order valence-electron chi connectivity index (χ4n) is 2.68. The minimum absolute atomic E-state index is 0.0832. The second-order valence-corrected chi connectivity index (χ2v) is 8.73. The zero-order valence-corrected chi connectivity index (χ0v) is 16.6. The fraction of sp³-hybridized carbons (Fsp3) is 0.556. The van der Waals surface area contributed by atoms with Gasteiger partial charge in [0.1, 0.15) is 6.04 Å². The maximum absolute atomic E-state index is 12.9. The molecule has 2 amide bonds. The largest absolute Gasteiger partial charge is 0.357 e. The van der Waals surface area contributed by atoms with Crippen molar-refractivity contribution < 1.29 is 18.0 Å². The van der Waals surface area contributed by atoms with Gasteiger partial charge in [0.2, 0.25) is 15.9 Å². The Labute approximate surface area is 156 Å². The van der Waals surface area contributed by atoms with Crippen LogP contribution in [0.25, 0.3) is 0 Å². The van der Waals surface area contributed by atoms with E-state index in [-0.39, 0.29) is 18.1 Å². The van der Waals surface area contributed by atoms with Crippen molar-refractivity contribution in [1.82, 2.24) is 9.62 Å². The van der Waals surface area contributed by atoms with Crippen LogP contribution in [0.15, 0.2) is 30.3 Å². The first-order valence-corrected chi connectivity index (χ1v) is 10.3. The highest BCUT2D eigenvalue weighted by atomic mass is 32.2. The summed E-state index contributed by atoms with van der Waals surface area (Å²) in [6.45, 7) is 5.23. The normalized spacial score (nSPS) is 13.9. The van der Waals surface area contributed by atoms with Crippen LogP contribution >= 0.6 is 0 Å². The van der Waals surface area contributed by atoms with E-state index in [2.05, 4.69) is 5.32 Å². The third-order valence-electron chi connectivity index (χ3n) is 4.03. The van der Waals surface area contributed by atoms with Gasteiger partial charge in [-0.3, -0.25) is 9.59 Å². The molecule has 0 aliphatic rings. The van der Waals surface area contributed by atoms with Gasteiger partial charge >= 0.3 is 0 Å². The zero-order valence-electron chi connectivity index (χ0n) is 15.8. The summed E-state index contributed by atoms with van der Waals surface area (Å²) < 4.78 is 26.0. The van der Waals surface area contributed by atoms with Gasteiger partial charge in [-0.05, 0) is 24.8 Å². The minimum atomic E-state index is -3.97. The molecule has 7 nitrogen and oxygen atoms in total. The number of nitrogens with one attached hydrogen (secondary N) is 1. The first-order chi connectivity index (χ1) is 12.1. The van der Waals surface area contributed by atoms with Crippen molar-refractivity contribution in [3.8, 4) is 0 Å². The molecule has 1 aromatic rings. The highest BCUT2D eigenvalue weighted by molar-refractivity contribution is 7.89. The Hall–Kier alpha value is -1.93. The van der Waals surface area contributed by atoms with Crippen LogP contribution in [0, 0.1) is 5.92 Å². The van der Waals surface area contributed by atoms with E-state index in [0.29, 0.717) is 10.7 Å². The van der Waals surface area contributed by atoms with Gasteiger partial charge in [-0.1, -0.05) is 44.2 Å². The van der Waals surface area contributed by atoms with E-state index in [1.807, 2.05) is 19.9 Å². The van der Waals surface area contributed by atoms with E-state index in [1.54, 1.807) is 24.3 Å². The molecular weight excluding hydrogens is 354 g/mol. The molecule has 0 bridgehead atoms. The van der Waals surface area contributed by atoms with Gasteiger partial charge in [0.25, 0.3) is 5.91 Å². The van der Waals surface area contributed by atoms with Crippen LogP contribution in [0.2, 0.25) is 0 Å². The summed E-state index contributed by atoms with van der Waals surface area (Å²) in [4.78, 5) is 25.3. The molecule has 0 aliphatic carbocycles. The quantitative estimate of drug-likeness (QED) is 0.658. The van der Waals surface area contributed by atoms with Gasteiger partial charge in [0, 0.05) is 13.5 Å². The summed E-state index contributed by atoms with van der Waals surface area (Å²) in [5.41, 5.74) is 6.71. The number of nitrogens with two attached hydrogens (primary N) is 1. The van der Waals surface area contributed by atoms with Crippen molar-refractivity contribution in [2.75, 3.05) is 12.8 Å². The monoisotopic (exact) mass is 383 g/mol. The summed E-state index contributed by atoms with van der Waals surface area (Å²) in [6, 6.07) is 6.80. The maximum atomic E-state index is 12.9. The number of benzene rings is 1. The number of nitrogens with zero attached hydrogens (tertiary/aromatic N) is 1. The SMILES string of the molecule is CCS(=O)(=O)N(C(=O)[C@@H](N)CC(C)C)[C@@H](Cc1ccccc1)C(=O)NC. The minimum Gasteiger partial charge on any atom is -0.357 e. The molecule has 0 fully saturated rings. The molecule has 0 aliphatic heterocycles. The van der Waals surface area contributed by atoms with E-state index < -0.39 is 33.9 Å². The fourth-order valence-corrected chi connectivity index (χ4v) is 3.93. The lowest BCUT2D eigenvalue weighted by Gasteiger charge is -2.32. The van der Waals surface area contributed by atoms with Crippen molar-refractivity contribution in [3.63, 3.8) is 0 Å². The molecular formula is C18H29N3O4S. The molecule has 0 heterocycles. The molecule has 2 atom stereocenters. The first-order valence-electron chi connectivity index (χ1n) is 8.71. The summed E-state index contributed by atoms with van der Waals surface area (Å²) in [7, 11) is -2.56. The van der Waals surface area contributed by atoms with Crippen molar-refractivity contribution in [2.45, 2.75) is 45.7 Å². The molecule has 0 unspecified atom stereocenters. The molecule has 26 heavy (non-hydrogen) atoms. The molecule has 8 heteroatoms. The topological polar surface area (TPSA) is 110 Å². The first kappa shape index (κ1) is 22.1. The number of carbonyl (C=O) groups is 2. The Morgan fingerprint density at radius 3 is 2.23 bits per heavy atom. The van der Waals surface area contributed by atoms with E-state index in [9.17, 15) is 18.0 Å². The number of amides is 2. The van der Waals surface area contributed by atoms with Gasteiger partial charge in [-0.25, -0.2) is 12.7 Å². The van der Waals surface area contributed by atoms with Gasteiger partial charge in [-0.15, -0.1) is 0 Å². The second-order valence-electron chi connectivity index (χ2n) is 6.59. The number of hydrogen-bond acceptors (Lipinski definition) is 5. The highest BCUT2D eigenvalue weighted by Crippen LogP contribution is 2.18. The standard InChI is InChI=1S/C18H29N3O4S/c1-5-26(24,25)21(18(23)15(19)11-13(2)3)16(17(22)20-4)12-14-9-7-6-8-10-14/h6-10,13,15-16H,5,11-12,19H2,1-4H3,(H,20,22)/t15-,16-/m0/s1. The van der Waals surface area contributed by atoms with Crippen LogP contribution in [-0.2, 0) is 26.0 Å². The molecule has 146 valence electrons. The lowest BCUT2D eigenvalue weighted by atomic mass is 10.0. The van der Waals surface area contributed by atoms with Crippen molar-refractivity contribution in [2.24, 2.45) is 11.7 Å². The van der Waals surface area contributed by atoms with E-state index in [0.717, 1.165) is 5.56 Å². The average Bonchev–Trinajstić information content (AvgIpc) is 2.60. The number of carbonyl (C=O) groups excluding carboxylic acids is 2. The Bertz CT molecular complexity index is 704. The molecule has 1 rings (SSSR count). The molecule has 3 N–H and O–H groups in total. The van der Waals surface area contributed by atoms with Crippen molar-refractivity contribution in [1.29, 1.82) is 0 Å². The predicted octanol–water partition coefficient (Wildman–Crippen LogP) is 0.895. The number of likely N-dealkylation sites (N-methyl/N-ethyl adjacent to an activating group) is 1. The summed E-state index contributed by atoms with van der Waals surface area (Å²) in [5, 5.41) is 2.46. The van der Waals surface area contributed by atoms with Crippen molar-refractivity contribution >= 4 is 21.8 Å². The van der Waals surface area contributed by atoms with Gasteiger partial charge in [0.05, 0.1) is 11.8 Å². The molecule has 0 spiro atoms. The third kappa shape index (κ3) is 5.81. The molecule has 0 saturated heterocycles. The predicted molar refractivity (Wildman–Crippen MR) is 102 cm³/mol. The summed E-state index contributed by atoms with van der Waals surface area (Å²) >= 11 is 0. The lowest BCUT2D eigenvalue weighted by Crippen LogP contribution is -2.57. The summed E-state index contributed by atoms with van der Waals surface area (Å²) in [6.07, 6.45) is 0.417. The number of sulfonamides is 1. The average molecular weight is 384 g/mol. The van der Waals surface area contributed by atoms with Gasteiger partial charge in [0.15, 0.2) is 0 Å². The van der Waals surface area contributed by atoms with Crippen LogP contribution in [-0.4, -0.2) is 49.4 Å². The highest BCUT2D eigenvalue weighted by Gasteiger charge is 2.39. The smallest absolute Gasteiger partial charge is 0.253 e. The Morgan fingerprint density at radius 1 is 1.19 bits per heavy atom. The van der Waals surface area contributed by atoms with Crippen LogP contribution in [0.4, 0.5) is 0 Å². The Balaban J connectivity index is 3.33.